The molecule has 0 aliphatic carbocycles. The van der Waals surface area contributed by atoms with Crippen molar-refractivity contribution in [2.24, 2.45) is 5.92 Å². The van der Waals surface area contributed by atoms with Crippen molar-refractivity contribution in [3.05, 3.63) is 36.0 Å². The maximum absolute atomic E-state index is 9.83. The van der Waals surface area contributed by atoms with E-state index in [1.54, 1.807) is 0 Å². The van der Waals surface area contributed by atoms with E-state index in [4.69, 9.17) is 4.74 Å². The van der Waals surface area contributed by atoms with E-state index >= 15 is 0 Å². The summed E-state index contributed by atoms with van der Waals surface area (Å²) >= 11 is 0. The van der Waals surface area contributed by atoms with E-state index in [1.165, 1.54) is 10.9 Å². The molecule has 1 fully saturated rings. The number of nitrogens with one attached hydrogen (secondary N) is 1. The Kier molecular flexibility index (Phi) is 2.88. The molecule has 2 aromatic rings. The van der Waals surface area contributed by atoms with Crippen LogP contribution in [0.3, 0.4) is 0 Å². The van der Waals surface area contributed by atoms with Crippen LogP contribution in [0.15, 0.2) is 30.5 Å². The Bertz CT molecular complexity index is 544. The van der Waals surface area contributed by atoms with Crippen molar-refractivity contribution in [2.45, 2.75) is 18.8 Å². The van der Waals surface area contributed by atoms with Gasteiger partial charge in [-0.3, -0.25) is 0 Å². The van der Waals surface area contributed by atoms with E-state index in [2.05, 4.69) is 24.0 Å². The molecule has 0 amide bonds. The number of aromatic nitrogens is 1. The van der Waals surface area contributed by atoms with Crippen LogP contribution in [0.25, 0.3) is 10.9 Å². The summed E-state index contributed by atoms with van der Waals surface area (Å²) in [6.45, 7) is 3.97. The summed E-state index contributed by atoms with van der Waals surface area (Å²) in [7, 11) is 0. The van der Waals surface area contributed by atoms with Crippen LogP contribution in [0.5, 0.6) is 0 Å². The predicted octanol–water partition coefficient (Wildman–Crippen LogP) is 2.45. The number of fused-ring (bicyclic) bond motifs is 1. The van der Waals surface area contributed by atoms with Crippen molar-refractivity contribution >= 4 is 10.9 Å². The van der Waals surface area contributed by atoms with Crippen LogP contribution >= 0.6 is 0 Å². The zero-order valence-electron chi connectivity index (χ0n) is 10.6. The SMILES string of the molecule is CC(CO)(CC1COC1)c1c[nH]c2ccccc12. The van der Waals surface area contributed by atoms with Gasteiger partial charge in [0.15, 0.2) is 0 Å². The molecule has 1 saturated heterocycles. The molecule has 3 rings (SSSR count). The molecule has 18 heavy (non-hydrogen) atoms. The summed E-state index contributed by atoms with van der Waals surface area (Å²) < 4.78 is 5.24. The first kappa shape index (κ1) is 11.8. The first-order valence-corrected chi connectivity index (χ1v) is 6.48. The van der Waals surface area contributed by atoms with E-state index in [-0.39, 0.29) is 12.0 Å². The molecular weight excluding hydrogens is 226 g/mol. The lowest BCUT2D eigenvalue weighted by Gasteiger charge is -2.35. The molecule has 3 heteroatoms. The molecule has 0 radical (unpaired) electrons. The molecule has 1 aliphatic rings. The number of benzene rings is 1. The Hall–Kier alpha value is -1.32. The van der Waals surface area contributed by atoms with Crippen LogP contribution in [0, 0.1) is 5.92 Å². The first-order valence-electron chi connectivity index (χ1n) is 6.48. The third kappa shape index (κ3) is 1.84. The zero-order valence-corrected chi connectivity index (χ0v) is 10.6. The standard InChI is InChI=1S/C15H19NO2/c1-15(10-17,6-11-8-18-9-11)13-7-16-14-5-3-2-4-12(13)14/h2-5,7,11,16-17H,6,8-10H2,1H3. The Balaban J connectivity index is 1.98. The molecule has 96 valence electrons. The number of aromatic amines is 1. The minimum absolute atomic E-state index is 0.172. The van der Waals surface area contributed by atoms with Crippen LogP contribution < -0.4 is 0 Å². The molecule has 1 unspecified atom stereocenters. The van der Waals surface area contributed by atoms with Gasteiger partial charge in [-0.25, -0.2) is 0 Å². The molecule has 0 bridgehead atoms. The largest absolute Gasteiger partial charge is 0.395 e. The molecule has 1 aliphatic heterocycles. The summed E-state index contributed by atoms with van der Waals surface area (Å²) in [4.78, 5) is 3.30. The Morgan fingerprint density at radius 3 is 2.83 bits per heavy atom. The Morgan fingerprint density at radius 1 is 1.39 bits per heavy atom. The maximum Gasteiger partial charge on any atom is 0.0526 e. The number of hydrogen-bond donors (Lipinski definition) is 2. The van der Waals surface area contributed by atoms with Gasteiger partial charge < -0.3 is 14.8 Å². The monoisotopic (exact) mass is 245 g/mol. The van der Waals surface area contributed by atoms with Gasteiger partial charge in [0.2, 0.25) is 0 Å². The molecule has 1 aromatic carbocycles. The summed E-state index contributed by atoms with van der Waals surface area (Å²) in [6, 6.07) is 8.26. The summed E-state index contributed by atoms with van der Waals surface area (Å²) in [5.41, 5.74) is 2.16. The number of aliphatic hydroxyl groups is 1. The number of ether oxygens (including phenoxy) is 1. The fraction of sp³-hybridized carbons (Fsp3) is 0.467. The van der Waals surface area contributed by atoms with Gasteiger partial charge in [0.05, 0.1) is 19.8 Å². The lowest BCUT2D eigenvalue weighted by molar-refractivity contribution is -0.0484. The van der Waals surface area contributed by atoms with E-state index < -0.39 is 0 Å². The quantitative estimate of drug-likeness (QED) is 0.869. The number of aliphatic hydroxyl groups excluding tert-OH is 1. The van der Waals surface area contributed by atoms with E-state index in [9.17, 15) is 5.11 Å². The second kappa shape index (κ2) is 4.41. The summed E-state index contributed by atoms with van der Waals surface area (Å²) in [5, 5.41) is 11.0. The fourth-order valence-corrected chi connectivity index (χ4v) is 2.87. The van der Waals surface area contributed by atoms with E-state index in [0.29, 0.717) is 5.92 Å². The molecule has 0 saturated carbocycles. The van der Waals surface area contributed by atoms with Crippen molar-refractivity contribution < 1.29 is 9.84 Å². The average molecular weight is 245 g/mol. The molecule has 1 atom stereocenters. The van der Waals surface area contributed by atoms with Gasteiger partial charge in [-0.15, -0.1) is 0 Å². The van der Waals surface area contributed by atoms with Crippen LogP contribution in [-0.2, 0) is 10.2 Å². The molecule has 2 heterocycles. The number of rotatable bonds is 4. The van der Waals surface area contributed by atoms with Crippen LogP contribution in [0.1, 0.15) is 18.9 Å². The van der Waals surface area contributed by atoms with Crippen molar-refractivity contribution in [1.29, 1.82) is 0 Å². The van der Waals surface area contributed by atoms with Crippen LogP contribution in [-0.4, -0.2) is 29.9 Å². The average Bonchev–Trinajstić information content (AvgIpc) is 2.78. The highest BCUT2D eigenvalue weighted by Crippen LogP contribution is 2.37. The van der Waals surface area contributed by atoms with Crippen molar-refractivity contribution in [2.75, 3.05) is 19.8 Å². The van der Waals surface area contributed by atoms with Gasteiger partial charge in [0.1, 0.15) is 0 Å². The highest BCUT2D eigenvalue weighted by atomic mass is 16.5. The molecule has 1 aromatic heterocycles. The first-order chi connectivity index (χ1) is 8.73. The van der Waals surface area contributed by atoms with Gasteiger partial charge in [0.25, 0.3) is 0 Å². The lowest BCUT2D eigenvalue weighted by atomic mass is 9.75. The molecule has 2 N–H and O–H groups in total. The number of H-pyrrole nitrogens is 1. The second-order valence-corrected chi connectivity index (χ2v) is 5.57. The summed E-state index contributed by atoms with van der Waals surface area (Å²) in [5.74, 6) is 0.579. The second-order valence-electron chi connectivity index (χ2n) is 5.57. The smallest absolute Gasteiger partial charge is 0.0526 e. The zero-order chi connectivity index (χ0) is 12.6. The minimum Gasteiger partial charge on any atom is -0.395 e. The van der Waals surface area contributed by atoms with Gasteiger partial charge in [-0.05, 0) is 18.1 Å². The highest BCUT2D eigenvalue weighted by Gasteiger charge is 2.34. The fourth-order valence-electron chi connectivity index (χ4n) is 2.87. The third-order valence-corrected chi connectivity index (χ3v) is 4.03. The number of hydrogen-bond acceptors (Lipinski definition) is 2. The molecular formula is C15H19NO2. The van der Waals surface area contributed by atoms with Crippen molar-refractivity contribution in [1.82, 2.24) is 4.98 Å². The van der Waals surface area contributed by atoms with Crippen molar-refractivity contribution in [3.8, 4) is 0 Å². The van der Waals surface area contributed by atoms with E-state index in [0.717, 1.165) is 25.2 Å². The number of para-hydroxylation sites is 1. The van der Waals surface area contributed by atoms with Gasteiger partial charge in [-0.2, -0.15) is 0 Å². The molecule has 0 spiro atoms. The van der Waals surface area contributed by atoms with E-state index in [1.807, 2.05) is 18.3 Å². The minimum atomic E-state index is -0.186. The third-order valence-electron chi connectivity index (χ3n) is 4.03. The normalized spacial score (nSPS) is 19.7. The van der Waals surface area contributed by atoms with Crippen molar-refractivity contribution in [3.63, 3.8) is 0 Å². The Labute approximate surface area is 107 Å². The van der Waals surface area contributed by atoms with Crippen LogP contribution in [0.2, 0.25) is 0 Å². The predicted molar refractivity (Wildman–Crippen MR) is 71.7 cm³/mol. The van der Waals surface area contributed by atoms with Gasteiger partial charge >= 0.3 is 0 Å². The lowest BCUT2D eigenvalue weighted by Crippen LogP contribution is -2.37. The highest BCUT2D eigenvalue weighted by molar-refractivity contribution is 5.84. The molecule has 3 nitrogen and oxygen atoms in total. The van der Waals surface area contributed by atoms with Crippen LogP contribution in [0.4, 0.5) is 0 Å². The Morgan fingerprint density at radius 2 is 2.17 bits per heavy atom. The summed E-state index contributed by atoms with van der Waals surface area (Å²) in [6.07, 6.45) is 3.02. The van der Waals surface area contributed by atoms with Gasteiger partial charge in [-0.1, -0.05) is 25.1 Å². The van der Waals surface area contributed by atoms with Gasteiger partial charge in [0, 0.05) is 28.4 Å². The maximum atomic E-state index is 9.83. The topological polar surface area (TPSA) is 45.2 Å².